The van der Waals surface area contributed by atoms with Crippen LogP contribution in [0.4, 0.5) is 16.4 Å². The van der Waals surface area contributed by atoms with Crippen LogP contribution in [0.1, 0.15) is 9.67 Å². The van der Waals surface area contributed by atoms with Crippen LogP contribution in [-0.4, -0.2) is 29.0 Å². The smallest absolute Gasteiger partial charge is 0.265 e. The largest absolute Gasteiger partial charge is 0.530 e. The molecule has 0 aliphatic heterocycles. The maximum absolute atomic E-state index is 12.0. The summed E-state index contributed by atoms with van der Waals surface area (Å²) in [6.07, 6.45) is -1.36. The number of nitrogens with zero attached hydrogens (tertiary/aromatic N) is 2. The number of hydrogen-bond acceptors (Lipinski definition) is 5. The maximum atomic E-state index is 12.0. The average Bonchev–Trinajstić information content (AvgIpc) is 3.15. The highest BCUT2D eigenvalue weighted by atomic mass is 32.1. The lowest BCUT2D eigenvalue weighted by Gasteiger charge is -2.15. The van der Waals surface area contributed by atoms with Crippen LogP contribution in [-0.2, 0) is 0 Å². The summed E-state index contributed by atoms with van der Waals surface area (Å²) < 4.78 is 0. The van der Waals surface area contributed by atoms with Crippen LogP contribution >= 0.6 is 11.3 Å². The van der Waals surface area contributed by atoms with E-state index in [2.05, 4.69) is 15.3 Å². The third-order valence-corrected chi connectivity index (χ3v) is 3.93. The monoisotopic (exact) mass is 315 g/mol. The van der Waals surface area contributed by atoms with E-state index in [1.54, 1.807) is 30.3 Å². The molecule has 2 N–H and O–H groups in total. The molecule has 0 saturated carbocycles. The molecule has 112 valence electrons. The number of aromatic nitrogens is 2. The summed E-state index contributed by atoms with van der Waals surface area (Å²) in [6, 6.07) is 8.64. The number of amides is 2. The molecule has 3 aromatic rings. The lowest BCUT2D eigenvalue weighted by Crippen LogP contribution is -2.38. The van der Waals surface area contributed by atoms with Crippen LogP contribution in [0.5, 0.6) is 0 Å². The Bertz CT molecular complexity index is 841. The van der Waals surface area contributed by atoms with E-state index in [0.717, 1.165) is 4.90 Å². The van der Waals surface area contributed by atoms with Gasteiger partial charge in [0, 0.05) is 12.7 Å². The number of fused-ring (bicyclic) bond motifs is 1. The zero-order chi connectivity index (χ0) is 15.7. The van der Waals surface area contributed by atoms with Crippen LogP contribution in [0.15, 0.2) is 35.7 Å². The van der Waals surface area contributed by atoms with Crippen LogP contribution in [0, 0.1) is 0 Å². The highest BCUT2D eigenvalue weighted by Gasteiger charge is 2.10. The topological polar surface area (TPSA) is 101 Å². The normalized spacial score (nSPS) is 10.6. The summed E-state index contributed by atoms with van der Waals surface area (Å²) in [7, 11) is 1.34. The van der Waals surface area contributed by atoms with E-state index in [-0.39, 0.29) is 11.9 Å². The van der Waals surface area contributed by atoms with Crippen molar-refractivity contribution in [3.63, 3.8) is 0 Å². The number of nitrogens with one attached hydrogen (secondary N) is 2. The molecular weight excluding hydrogens is 304 g/mol. The molecule has 2 heterocycles. The predicted octanol–water partition coefficient (Wildman–Crippen LogP) is 1.66. The van der Waals surface area contributed by atoms with Crippen molar-refractivity contribution in [2.24, 2.45) is 0 Å². The van der Waals surface area contributed by atoms with Crippen LogP contribution in [0.3, 0.4) is 0 Å². The number of imidazole rings is 1. The molecule has 0 aliphatic carbocycles. The highest BCUT2D eigenvalue weighted by Crippen LogP contribution is 2.21. The standard InChI is InChI=1S/C14H12N4O3S/c1-18(14(20)21)13-16-9-5-4-8(7-10(9)17-13)15-12(19)11-3-2-6-22-11/h2-7H,1H3,(H,15,19)(H,16,17)(H,20,21)/p-1. The molecule has 0 radical (unpaired) electrons. The van der Waals surface area contributed by atoms with E-state index in [1.807, 2.05) is 5.38 Å². The van der Waals surface area contributed by atoms with Gasteiger partial charge in [-0.15, -0.1) is 11.3 Å². The first kappa shape index (κ1) is 14.1. The summed E-state index contributed by atoms with van der Waals surface area (Å²) in [5.74, 6) is -0.0299. The number of carboxylic acid groups (broad SMARTS) is 1. The van der Waals surface area contributed by atoms with E-state index in [9.17, 15) is 14.7 Å². The fourth-order valence-corrected chi connectivity index (χ4v) is 2.54. The highest BCUT2D eigenvalue weighted by molar-refractivity contribution is 7.12. The fourth-order valence-electron chi connectivity index (χ4n) is 1.92. The number of hydrogen-bond donors (Lipinski definition) is 2. The molecule has 0 spiro atoms. The van der Waals surface area contributed by atoms with Gasteiger partial charge in [0.1, 0.15) is 6.09 Å². The fraction of sp³-hybridized carbons (Fsp3) is 0.0714. The van der Waals surface area contributed by atoms with E-state index in [1.165, 1.54) is 18.4 Å². The number of anilines is 2. The van der Waals surface area contributed by atoms with Crippen LogP contribution < -0.4 is 15.3 Å². The summed E-state index contributed by atoms with van der Waals surface area (Å²) in [4.78, 5) is 31.3. The van der Waals surface area contributed by atoms with Gasteiger partial charge in [0.2, 0.25) is 5.95 Å². The summed E-state index contributed by atoms with van der Waals surface area (Å²) in [5, 5.41) is 15.4. The molecule has 0 atom stereocenters. The molecule has 7 nitrogen and oxygen atoms in total. The van der Waals surface area contributed by atoms with Crippen LogP contribution in [0.25, 0.3) is 11.0 Å². The number of aromatic amines is 1. The number of carbonyl (C=O) groups is 2. The minimum Gasteiger partial charge on any atom is -0.530 e. The van der Waals surface area contributed by atoms with Crippen molar-refractivity contribution >= 4 is 46.0 Å². The minimum absolute atomic E-state index is 0.164. The second-order valence-electron chi connectivity index (χ2n) is 4.55. The third-order valence-electron chi connectivity index (χ3n) is 3.06. The molecule has 0 bridgehead atoms. The van der Waals surface area contributed by atoms with Gasteiger partial charge in [0.25, 0.3) is 5.91 Å². The van der Waals surface area contributed by atoms with Gasteiger partial charge in [-0.1, -0.05) is 6.07 Å². The molecule has 0 aliphatic rings. The molecule has 3 rings (SSSR count). The Labute approximate surface area is 129 Å². The third kappa shape index (κ3) is 2.63. The van der Waals surface area contributed by atoms with E-state index in [4.69, 9.17) is 0 Å². The first-order valence-corrected chi connectivity index (χ1v) is 7.22. The summed E-state index contributed by atoms with van der Waals surface area (Å²) in [5.41, 5.74) is 1.81. The zero-order valence-electron chi connectivity index (χ0n) is 11.5. The second-order valence-corrected chi connectivity index (χ2v) is 5.50. The van der Waals surface area contributed by atoms with Gasteiger partial charge in [0.15, 0.2) is 0 Å². The number of carbonyl (C=O) groups excluding carboxylic acids is 2. The number of rotatable bonds is 3. The Morgan fingerprint density at radius 3 is 2.86 bits per heavy atom. The van der Waals surface area contributed by atoms with Crippen molar-refractivity contribution in [1.29, 1.82) is 0 Å². The maximum Gasteiger partial charge on any atom is 0.265 e. The summed E-state index contributed by atoms with van der Waals surface area (Å²) in [6.45, 7) is 0. The zero-order valence-corrected chi connectivity index (χ0v) is 12.3. The Morgan fingerprint density at radius 1 is 1.36 bits per heavy atom. The molecule has 0 unspecified atom stereocenters. The van der Waals surface area contributed by atoms with Crippen molar-refractivity contribution in [2.75, 3.05) is 17.3 Å². The minimum atomic E-state index is -1.36. The first-order valence-electron chi connectivity index (χ1n) is 6.34. The first-order chi connectivity index (χ1) is 10.5. The van der Waals surface area contributed by atoms with Gasteiger partial charge in [-0.05, 0) is 29.6 Å². The molecule has 22 heavy (non-hydrogen) atoms. The second kappa shape index (κ2) is 5.49. The quantitative estimate of drug-likeness (QED) is 0.767. The lowest BCUT2D eigenvalue weighted by molar-refractivity contribution is -0.246. The molecule has 0 fully saturated rings. The van der Waals surface area contributed by atoms with Gasteiger partial charge in [-0.25, -0.2) is 4.98 Å². The molecular formula is C14H11N4O3S-. The molecule has 2 aromatic heterocycles. The van der Waals surface area contributed by atoms with E-state index < -0.39 is 6.09 Å². The van der Waals surface area contributed by atoms with Crippen molar-refractivity contribution < 1.29 is 14.7 Å². The van der Waals surface area contributed by atoms with Gasteiger partial charge < -0.3 is 25.1 Å². The molecule has 0 saturated heterocycles. The Hall–Kier alpha value is -2.87. The van der Waals surface area contributed by atoms with E-state index in [0.29, 0.717) is 21.6 Å². The molecule has 8 heteroatoms. The number of benzene rings is 1. The Balaban J connectivity index is 1.86. The van der Waals surface area contributed by atoms with E-state index >= 15 is 0 Å². The van der Waals surface area contributed by atoms with Crippen molar-refractivity contribution in [2.45, 2.75) is 0 Å². The van der Waals surface area contributed by atoms with Gasteiger partial charge in [0.05, 0.1) is 15.9 Å². The summed E-state index contributed by atoms with van der Waals surface area (Å²) >= 11 is 1.35. The van der Waals surface area contributed by atoms with Gasteiger partial charge >= 0.3 is 0 Å². The van der Waals surface area contributed by atoms with Gasteiger partial charge in [-0.2, -0.15) is 0 Å². The average molecular weight is 315 g/mol. The van der Waals surface area contributed by atoms with Gasteiger partial charge in [-0.3, -0.25) is 4.79 Å². The molecule has 2 amide bonds. The Morgan fingerprint density at radius 2 is 2.18 bits per heavy atom. The molecule has 1 aromatic carbocycles. The Kier molecular flexibility index (Phi) is 3.51. The van der Waals surface area contributed by atoms with Crippen molar-refractivity contribution in [3.05, 3.63) is 40.6 Å². The number of thiophene rings is 1. The van der Waals surface area contributed by atoms with Crippen LogP contribution in [0.2, 0.25) is 0 Å². The van der Waals surface area contributed by atoms with Crippen molar-refractivity contribution in [1.82, 2.24) is 9.97 Å². The van der Waals surface area contributed by atoms with Crippen molar-refractivity contribution in [3.8, 4) is 0 Å². The SMILES string of the molecule is CN(C(=O)[O-])c1nc2ccc(NC(=O)c3cccs3)cc2[nH]1. The number of H-pyrrole nitrogens is 1. The lowest BCUT2D eigenvalue weighted by atomic mass is 10.2. The predicted molar refractivity (Wildman–Crippen MR) is 82.2 cm³/mol.